The third kappa shape index (κ3) is 3.24. The maximum atomic E-state index is 12.5. The van der Waals surface area contributed by atoms with Gasteiger partial charge in [-0.1, -0.05) is 5.57 Å². The molecule has 0 saturated carbocycles. The largest absolute Gasteiger partial charge is 0.497 e. The number of esters is 1. The molecule has 0 bridgehead atoms. The Morgan fingerprint density at radius 3 is 2.73 bits per heavy atom. The average molecular weight is 369 g/mol. The van der Waals surface area contributed by atoms with Crippen LogP contribution in [0.5, 0.6) is 0 Å². The van der Waals surface area contributed by atoms with Crippen molar-refractivity contribution in [2.45, 2.75) is 44.6 Å². The second kappa shape index (κ2) is 7.39. The number of alkyl halides is 2. The molecule has 0 aromatic rings. The summed E-state index contributed by atoms with van der Waals surface area (Å²) in [7, 11) is 5.30. The number of rotatable bonds is 5. The Bertz CT molecular complexity index is 670. The summed E-state index contributed by atoms with van der Waals surface area (Å²) in [5.74, 6) is 0.459. The molecule has 1 fully saturated rings. The Morgan fingerprint density at radius 1 is 1.31 bits per heavy atom. The van der Waals surface area contributed by atoms with E-state index in [0.29, 0.717) is 18.6 Å². The highest BCUT2D eigenvalue weighted by atomic mass is 19.3. The molecule has 1 aliphatic heterocycles. The number of likely N-dealkylation sites (tertiary alicyclic amines) is 1. The van der Waals surface area contributed by atoms with Crippen molar-refractivity contribution in [3.05, 3.63) is 35.0 Å². The summed E-state index contributed by atoms with van der Waals surface area (Å²) >= 11 is 0. The molecule has 7 heteroatoms. The van der Waals surface area contributed by atoms with Crippen molar-refractivity contribution in [1.29, 1.82) is 0 Å². The normalized spacial score (nSPS) is 29.2. The highest BCUT2D eigenvalue weighted by Gasteiger charge is 2.50. The van der Waals surface area contributed by atoms with Crippen molar-refractivity contribution in [2.24, 2.45) is 5.41 Å². The Morgan fingerprint density at radius 2 is 2.08 bits per heavy atom. The van der Waals surface area contributed by atoms with E-state index in [0.717, 1.165) is 37.3 Å². The zero-order valence-electron chi connectivity index (χ0n) is 15.4. The summed E-state index contributed by atoms with van der Waals surface area (Å²) in [4.78, 5) is 13.5. The topological polar surface area (TPSA) is 48.0 Å². The smallest absolute Gasteiger partial charge is 0.378 e. The van der Waals surface area contributed by atoms with Gasteiger partial charge in [-0.05, 0) is 45.0 Å². The lowest BCUT2D eigenvalue weighted by Gasteiger charge is -2.43. The van der Waals surface area contributed by atoms with Crippen LogP contribution in [-0.4, -0.2) is 51.1 Å². The number of carbonyl (C=O) groups is 1. The summed E-state index contributed by atoms with van der Waals surface area (Å²) in [6, 6.07) is 0.112. The van der Waals surface area contributed by atoms with Crippen LogP contribution in [0.4, 0.5) is 8.78 Å². The zero-order valence-corrected chi connectivity index (χ0v) is 15.4. The van der Waals surface area contributed by atoms with Crippen LogP contribution >= 0.6 is 0 Å². The molecule has 2 atom stereocenters. The van der Waals surface area contributed by atoms with Gasteiger partial charge in [-0.15, -0.1) is 0 Å². The van der Waals surface area contributed by atoms with Crippen LogP contribution in [-0.2, 0) is 19.0 Å². The number of carbonyl (C=O) groups excluding carboxylic acids is 1. The van der Waals surface area contributed by atoms with Gasteiger partial charge in [-0.3, -0.25) is 0 Å². The van der Waals surface area contributed by atoms with E-state index in [1.54, 1.807) is 20.3 Å². The van der Waals surface area contributed by atoms with Crippen molar-refractivity contribution in [1.82, 2.24) is 4.90 Å². The molecular formula is C19H25F2NO4. The average Bonchev–Trinajstić information content (AvgIpc) is 2.98. The van der Waals surface area contributed by atoms with E-state index < -0.39 is 12.4 Å². The number of allylic oxidation sites excluding steroid dienone is 3. The predicted octanol–water partition coefficient (Wildman–Crippen LogP) is 3.39. The molecular weight excluding hydrogens is 344 g/mol. The van der Waals surface area contributed by atoms with Crippen LogP contribution in [0.3, 0.4) is 0 Å². The van der Waals surface area contributed by atoms with Gasteiger partial charge in [0.2, 0.25) is 0 Å². The molecule has 3 rings (SSSR count). The van der Waals surface area contributed by atoms with Crippen molar-refractivity contribution >= 4 is 5.97 Å². The Kier molecular flexibility index (Phi) is 5.37. The van der Waals surface area contributed by atoms with Crippen LogP contribution in [0.1, 0.15) is 32.1 Å². The maximum absolute atomic E-state index is 12.5. The highest BCUT2D eigenvalue weighted by Crippen LogP contribution is 2.53. The van der Waals surface area contributed by atoms with Crippen molar-refractivity contribution in [3.63, 3.8) is 0 Å². The first kappa shape index (κ1) is 18.9. The van der Waals surface area contributed by atoms with E-state index >= 15 is 0 Å². The first-order chi connectivity index (χ1) is 12.4. The summed E-state index contributed by atoms with van der Waals surface area (Å²) in [6.07, 6.45) is 4.52. The Labute approximate surface area is 152 Å². The molecule has 0 radical (unpaired) electrons. The highest BCUT2D eigenvalue weighted by molar-refractivity contribution is 5.74. The minimum atomic E-state index is -3.10. The van der Waals surface area contributed by atoms with E-state index in [9.17, 15) is 13.6 Å². The lowest BCUT2D eigenvalue weighted by molar-refractivity contribution is -0.152. The number of halogens is 2. The molecule has 1 saturated heterocycles. The van der Waals surface area contributed by atoms with Crippen LogP contribution in [0.2, 0.25) is 0 Å². The van der Waals surface area contributed by atoms with Crippen LogP contribution in [0.15, 0.2) is 35.0 Å². The van der Waals surface area contributed by atoms with Gasteiger partial charge in [0.1, 0.15) is 11.5 Å². The lowest BCUT2D eigenvalue weighted by Crippen LogP contribution is -2.42. The van der Waals surface area contributed by atoms with Gasteiger partial charge in [-0.2, -0.15) is 8.78 Å². The molecule has 2 aliphatic carbocycles. The summed E-state index contributed by atoms with van der Waals surface area (Å²) < 4.78 is 40.8. The number of hydrogen-bond acceptors (Lipinski definition) is 5. The molecule has 0 spiro atoms. The van der Waals surface area contributed by atoms with Crippen LogP contribution < -0.4 is 0 Å². The fourth-order valence-electron chi connectivity index (χ4n) is 4.49. The standard InChI is InChI=1S/C19H25F2NO4/c1-22-9-8-19(12-4-5-14(24-2)15(10-12)25-3)7-6-13(11-16(19)22)26-18(23)17(20)21/h6,10,16-17H,4-5,7-9,11H2,1-3H3/t16-,19-/m0/s1. The van der Waals surface area contributed by atoms with Gasteiger partial charge in [0, 0.05) is 24.3 Å². The molecule has 3 aliphatic rings. The molecule has 0 unspecified atom stereocenters. The monoisotopic (exact) mass is 369 g/mol. The zero-order chi connectivity index (χ0) is 18.9. The molecule has 0 aromatic heterocycles. The van der Waals surface area contributed by atoms with Crippen LogP contribution in [0, 0.1) is 5.41 Å². The second-order valence-corrected chi connectivity index (χ2v) is 7.07. The first-order valence-electron chi connectivity index (χ1n) is 8.82. The number of hydrogen-bond donors (Lipinski definition) is 0. The van der Waals surface area contributed by atoms with Gasteiger partial charge >= 0.3 is 12.4 Å². The molecule has 5 nitrogen and oxygen atoms in total. The molecule has 144 valence electrons. The maximum Gasteiger partial charge on any atom is 0.378 e. The summed E-state index contributed by atoms with van der Waals surface area (Å²) in [6.45, 7) is 0.912. The van der Waals surface area contributed by atoms with E-state index in [1.165, 1.54) is 5.57 Å². The molecule has 0 N–H and O–H groups in total. The van der Waals surface area contributed by atoms with Gasteiger partial charge in [0.15, 0.2) is 5.76 Å². The van der Waals surface area contributed by atoms with E-state index in [-0.39, 0.29) is 11.5 Å². The number of fused-ring (bicyclic) bond motifs is 1. The van der Waals surface area contributed by atoms with E-state index in [4.69, 9.17) is 14.2 Å². The van der Waals surface area contributed by atoms with Crippen molar-refractivity contribution in [2.75, 3.05) is 27.8 Å². The lowest BCUT2D eigenvalue weighted by atomic mass is 9.65. The van der Waals surface area contributed by atoms with Crippen LogP contribution in [0.25, 0.3) is 0 Å². The third-order valence-electron chi connectivity index (χ3n) is 5.89. The Hall–Kier alpha value is -1.89. The minimum absolute atomic E-state index is 0.0848. The summed E-state index contributed by atoms with van der Waals surface area (Å²) in [5, 5.41) is 0. The SMILES string of the molecule is COC1=C(OC)CCC([C@@]23CC=C(OC(=O)C(F)F)C[C@@H]2N(C)CC3)=C1. The molecule has 1 heterocycles. The predicted molar refractivity (Wildman–Crippen MR) is 91.2 cm³/mol. The van der Waals surface area contributed by atoms with Gasteiger partial charge < -0.3 is 19.1 Å². The fraction of sp³-hybridized carbons (Fsp3) is 0.632. The van der Waals surface area contributed by atoms with Gasteiger partial charge in [0.25, 0.3) is 0 Å². The fourth-order valence-corrected chi connectivity index (χ4v) is 4.49. The first-order valence-corrected chi connectivity index (χ1v) is 8.82. The number of methoxy groups -OCH3 is 2. The summed E-state index contributed by atoms with van der Waals surface area (Å²) in [5.41, 5.74) is 1.21. The number of nitrogens with zero attached hydrogens (tertiary/aromatic N) is 1. The van der Waals surface area contributed by atoms with E-state index in [2.05, 4.69) is 11.0 Å². The van der Waals surface area contributed by atoms with Gasteiger partial charge in [-0.25, -0.2) is 4.79 Å². The second-order valence-electron chi connectivity index (χ2n) is 7.07. The molecule has 0 amide bonds. The van der Waals surface area contributed by atoms with Gasteiger partial charge in [0.05, 0.1) is 14.2 Å². The minimum Gasteiger partial charge on any atom is -0.497 e. The van der Waals surface area contributed by atoms with E-state index in [1.807, 2.05) is 7.05 Å². The third-order valence-corrected chi connectivity index (χ3v) is 5.89. The molecule has 26 heavy (non-hydrogen) atoms. The quantitative estimate of drug-likeness (QED) is 0.696. The molecule has 0 aromatic carbocycles. The Balaban J connectivity index is 1.89. The van der Waals surface area contributed by atoms with Crippen molar-refractivity contribution < 1.29 is 27.8 Å². The number of ether oxygens (including phenoxy) is 3. The van der Waals surface area contributed by atoms with Crippen molar-refractivity contribution in [3.8, 4) is 0 Å².